The Balaban J connectivity index is 1.54. The maximum atomic E-state index is 14.6. The summed E-state index contributed by atoms with van der Waals surface area (Å²) in [4.78, 5) is 45.7. The van der Waals surface area contributed by atoms with Gasteiger partial charge in [-0.15, -0.1) is 0 Å². The molecule has 3 atom stereocenters. The highest BCUT2D eigenvalue weighted by Crippen LogP contribution is 2.61. The molecule has 41 heavy (non-hydrogen) atoms. The third-order valence-electron chi connectivity index (χ3n) is 8.64. The van der Waals surface area contributed by atoms with E-state index in [-0.39, 0.29) is 22.9 Å². The molecule has 2 aliphatic heterocycles. The van der Waals surface area contributed by atoms with Gasteiger partial charge in [0.15, 0.2) is 17.3 Å². The number of ketones is 3. The van der Waals surface area contributed by atoms with Crippen molar-refractivity contribution in [1.82, 2.24) is 0 Å². The topological polar surface area (TPSA) is 63.7 Å². The van der Waals surface area contributed by atoms with E-state index in [0.29, 0.717) is 33.1 Å². The highest BCUT2D eigenvalue weighted by molar-refractivity contribution is 6.32. The number of methoxy groups -OCH3 is 1. The molecule has 0 aromatic heterocycles. The van der Waals surface area contributed by atoms with Crippen molar-refractivity contribution in [3.8, 4) is 5.75 Å². The zero-order chi connectivity index (χ0) is 28.5. The quantitative estimate of drug-likeness (QED) is 0.202. The molecule has 0 saturated carbocycles. The first-order valence-electron chi connectivity index (χ1n) is 13.2. The molecule has 0 radical (unpaired) electrons. The minimum atomic E-state index is -1.62. The third kappa shape index (κ3) is 3.50. The van der Waals surface area contributed by atoms with Gasteiger partial charge in [-0.2, -0.15) is 0 Å². The summed E-state index contributed by atoms with van der Waals surface area (Å²) in [5.74, 6) is -1.68. The maximum absolute atomic E-state index is 14.6. The third-order valence-corrected chi connectivity index (χ3v) is 8.87. The lowest BCUT2D eigenvalue weighted by Gasteiger charge is -2.37. The number of carbonyl (C=O) groups excluding carboxylic acids is 3. The van der Waals surface area contributed by atoms with Gasteiger partial charge < -0.3 is 9.64 Å². The molecule has 1 fully saturated rings. The molecule has 1 spiro atoms. The van der Waals surface area contributed by atoms with Crippen LogP contribution in [0, 0.1) is 11.2 Å². The number of hydrogen-bond donors (Lipinski definition) is 0. The summed E-state index contributed by atoms with van der Waals surface area (Å²) in [6.07, 6.45) is 3.71. The predicted octanol–water partition coefficient (Wildman–Crippen LogP) is 6.80. The van der Waals surface area contributed by atoms with Crippen LogP contribution in [0.5, 0.6) is 5.75 Å². The number of nitrogens with zero attached hydrogens (tertiary/aromatic N) is 1. The minimum absolute atomic E-state index is 0.284. The molecule has 0 unspecified atom stereocenters. The molecule has 1 saturated heterocycles. The number of ether oxygens (including phenoxy) is 1. The lowest BCUT2D eigenvalue weighted by Crippen LogP contribution is -2.48. The Morgan fingerprint density at radius 2 is 1.56 bits per heavy atom. The van der Waals surface area contributed by atoms with Crippen molar-refractivity contribution in [3.05, 3.63) is 136 Å². The van der Waals surface area contributed by atoms with Crippen molar-refractivity contribution in [1.29, 1.82) is 0 Å². The Morgan fingerprint density at radius 3 is 2.20 bits per heavy atom. The Hall–Kier alpha value is -4.55. The van der Waals surface area contributed by atoms with Gasteiger partial charge in [0.25, 0.3) is 0 Å². The van der Waals surface area contributed by atoms with Crippen LogP contribution in [0.3, 0.4) is 0 Å². The first-order chi connectivity index (χ1) is 19.9. The fraction of sp³-hybridized carbons (Fsp3) is 0.147. The Morgan fingerprint density at radius 1 is 0.902 bits per heavy atom. The number of rotatable bonds is 4. The zero-order valence-electron chi connectivity index (χ0n) is 21.9. The zero-order valence-corrected chi connectivity index (χ0v) is 22.6. The van der Waals surface area contributed by atoms with Crippen molar-refractivity contribution in [2.75, 3.05) is 12.0 Å². The van der Waals surface area contributed by atoms with Crippen LogP contribution < -0.4 is 9.64 Å². The molecule has 0 N–H and O–H groups in total. The Labute approximate surface area is 240 Å². The number of fused-ring (bicyclic) bond motifs is 5. The second-order valence-electron chi connectivity index (χ2n) is 10.6. The fourth-order valence-electron chi connectivity index (χ4n) is 6.92. The van der Waals surface area contributed by atoms with E-state index in [1.54, 1.807) is 55.6 Å². The van der Waals surface area contributed by atoms with Gasteiger partial charge in [0.05, 0.1) is 13.2 Å². The summed E-state index contributed by atoms with van der Waals surface area (Å²) in [6, 6.07) is 23.0. The summed E-state index contributed by atoms with van der Waals surface area (Å²) in [5, 5.41) is 0.523. The molecule has 4 aromatic rings. The maximum Gasteiger partial charge on any atom is 0.185 e. The fourth-order valence-corrected chi connectivity index (χ4v) is 7.10. The lowest BCUT2D eigenvalue weighted by atomic mass is 9.64. The molecule has 7 heteroatoms. The van der Waals surface area contributed by atoms with Gasteiger partial charge in [-0.3, -0.25) is 14.4 Å². The van der Waals surface area contributed by atoms with E-state index in [2.05, 4.69) is 0 Å². The van der Waals surface area contributed by atoms with E-state index >= 15 is 0 Å². The molecule has 4 aromatic carbocycles. The Kier molecular flexibility index (Phi) is 5.73. The molecule has 0 amide bonds. The molecule has 7 rings (SSSR count). The van der Waals surface area contributed by atoms with Crippen molar-refractivity contribution in [2.24, 2.45) is 5.41 Å². The van der Waals surface area contributed by atoms with E-state index in [9.17, 15) is 18.8 Å². The van der Waals surface area contributed by atoms with Crippen molar-refractivity contribution >= 4 is 40.7 Å². The average molecular weight is 564 g/mol. The van der Waals surface area contributed by atoms with Crippen LogP contribution in [0.2, 0.25) is 5.02 Å². The van der Waals surface area contributed by atoms with Crippen molar-refractivity contribution < 1.29 is 23.5 Å². The van der Waals surface area contributed by atoms with Gasteiger partial charge in [0.1, 0.15) is 23.0 Å². The van der Waals surface area contributed by atoms with Gasteiger partial charge in [0, 0.05) is 33.3 Å². The molecule has 3 aliphatic rings. The van der Waals surface area contributed by atoms with Crippen LogP contribution >= 0.6 is 11.6 Å². The molecule has 1 aliphatic carbocycles. The monoisotopic (exact) mass is 563 g/mol. The van der Waals surface area contributed by atoms with Gasteiger partial charge in [-0.25, -0.2) is 4.39 Å². The van der Waals surface area contributed by atoms with Gasteiger partial charge in [-0.1, -0.05) is 60.2 Å². The van der Waals surface area contributed by atoms with Gasteiger partial charge in [0.2, 0.25) is 0 Å². The number of halogens is 2. The highest BCUT2D eigenvalue weighted by atomic mass is 35.5. The normalized spacial score (nSPS) is 21.5. The largest absolute Gasteiger partial charge is 0.497 e. The molecule has 5 nitrogen and oxygen atoms in total. The summed E-state index contributed by atoms with van der Waals surface area (Å²) < 4.78 is 19.3. The molecule has 202 valence electrons. The van der Waals surface area contributed by atoms with Gasteiger partial charge >= 0.3 is 0 Å². The number of anilines is 1. The smallest absolute Gasteiger partial charge is 0.185 e. The SMILES string of the molecule is COc1ccc([C@H]2[C@@H](C(=O)c3ccc(F)cc3)N3c4ccc(Cl)cc4C=C[C@@H]3C23C(=O)c2ccccc2C3=O)cc1. The van der Waals surface area contributed by atoms with Crippen LogP contribution in [-0.2, 0) is 0 Å². The second-order valence-corrected chi connectivity index (χ2v) is 11.0. The number of hydrogen-bond acceptors (Lipinski definition) is 5. The van der Waals surface area contributed by atoms with Crippen LogP contribution in [0.4, 0.5) is 10.1 Å². The van der Waals surface area contributed by atoms with Crippen LogP contribution in [0.25, 0.3) is 6.08 Å². The summed E-state index contributed by atoms with van der Waals surface area (Å²) in [7, 11) is 1.56. The van der Waals surface area contributed by atoms with Crippen LogP contribution in [-0.4, -0.2) is 36.5 Å². The highest BCUT2D eigenvalue weighted by Gasteiger charge is 2.71. The first-order valence-corrected chi connectivity index (χ1v) is 13.6. The average Bonchev–Trinajstić information content (AvgIpc) is 3.43. The van der Waals surface area contributed by atoms with Gasteiger partial charge in [-0.05, 0) is 65.7 Å². The van der Waals surface area contributed by atoms with Crippen LogP contribution in [0.15, 0.2) is 97.1 Å². The first kappa shape index (κ1) is 25.4. The molecule has 0 bridgehead atoms. The van der Waals surface area contributed by atoms with E-state index in [1.165, 1.54) is 24.3 Å². The molecular weight excluding hydrogens is 541 g/mol. The summed E-state index contributed by atoms with van der Waals surface area (Å²) >= 11 is 6.34. The van der Waals surface area contributed by atoms with E-state index in [1.807, 2.05) is 35.3 Å². The molecule has 2 heterocycles. The summed E-state index contributed by atoms with van der Waals surface area (Å²) in [5.41, 5.74) is 1.47. The number of benzene rings is 4. The number of carbonyl (C=O) groups is 3. The van der Waals surface area contributed by atoms with Crippen molar-refractivity contribution in [2.45, 2.75) is 18.0 Å². The lowest BCUT2D eigenvalue weighted by molar-refractivity contribution is 0.0666. The number of Topliss-reactive ketones (excluding diaryl/α,β-unsaturated/α-hetero) is 3. The second kappa shape index (κ2) is 9.25. The predicted molar refractivity (Wildman–Crippen MR) is 155 cm³/mol. The van der Waals surface area contributed by atoms with E-state index in [0.717, 1.165) is 5.56 Å². The Bertz CT molecular complexity index is 1740. The van der Waals surface area contributed by atoms with E-state index < -0.39 is 29.2 Å². The standard InChI is InChI=1S/C34H23ClFNO4/c1-41-24-14-8-19(9-15-24)29-30(31(38)20-6-12-23(36)13-7-20)37-27-16-11-22(35)18-21(27)10-17-28(37)34(29)32(39)25-4-2-3-5-26(25)33(34)40/h2-18,28-30H,1H3/t28-,29+,30+/m1/s1. The van der Waals surface area contributed by atoms with Crippen molar-refractivity contribution in [3.63, 3.8) is 0 Å². The van der Waals surface area contributed by atoms with Crippen LogP contribution in [0.1, 0.15) is 48.1 Å². The van der Waals surface area contributed by atoms with E-state index in [4.69, 9.17) is 16.3 Å². The summed E-state index contributed by atoms with van der Waals surface area (Å²) in [6.45, 7) is 0. The molecular formula is C34H23ClFNO4. The minimum Gasteiger partial charge on any atom is -0.497 e.